The highest BCUT2D eigenvalue weighted by molar-refractivity contribution is 7.90. The van der Waals surface area contributed by atoms with Gasteiger partial charge in [-0.3, -0.25) is 4.90 Å². The van der Waals surface area contributed by atoms with E-state index in [1.165, 1.54) is 0 Å². The molecule has 0 aliphatic heterocycles. The van der Waals surface area contributed by atoms with Gasteiger partial charge in [-0.25, -0.2) is 13.1 Å². The largest absolute Gasteiger partial charge is 0.287 e. The molecule has 3 rings (SSSR count). The van der Waals surface area contributed by atoms with Crippen molar-refractivity contribution in [3.05, 3.63) is 54.1 Å². The fourth-order valence-electron chi connectivity index (χ4n) is 3.25. The number of benzene rings is 2. The van der Waals surface area contributed by atoms with Gasteiger partial charge in [-0.15, -0.1) is 10.2 Å². The zero-order valence-electron chi connectivity index (χ0n) is 16.8. The molecule has 0 saturated carbocycles. The molecule has 0 fully saturated rings. The second-order valence-corrected chi connectivity index (χ2v) is 8.73. The Morgan fingerprint density at radius 2 is 1.69 bits per heavy atom. The summed E-state index contributed by atoms with van der Waals surface area (Å²) in [6.45, 7) is 7.26. The van der Waals surface area contributed by atoms with Gasteiger partial charge in [0.15, 0.2) is 0 Å². The molecule has 154 valence electrons. The van der Waals surface area contributed by atoms with Crippen LogP contribution >= 0.6 is 0 Å². The summed E-state index contributed by atoms with van der Waals surface area (Å²) in [6, 6.07) is 15.6. The maximum absolute atomic E-state index is 12.6. The third-order valence-corrected chi connectivity index (χ3v) is 6.77. The zero-order chi connectivity index (χ0) is 20.9. The minimum atomic E-state index is -3.43. The minimum absolute atomic E-state index is 0.251. The molecule has 1 heterocycles. The smallest absolute Gasteiger partial charge is 0.227 e. The maximum Gasteiger partial charge on any atom is 0.227 e. The highest BCUT2D eigenvalue weighted by atomic mass is 32.2. The summed E-state index contributed by atoms with van der Waals surface area (Å²) in [4.78, 5) is 1.90. The molecule has 9 heteroatoms. The van der Waals surface area contributed by atoms with Crippen molar-refractivity contribution in [2.45, 2.75) is 32.7 Å². The van der Waals surface area contributed by atoms with Crippen LogP contribution in [-0.2, 0) is 16.6 Å². The molecule has 0 aliphatic carbocycles. The van der Waals surface area contributed by atoms with Crippen molar-refractivity contribution < 1.29 is 8.42 Å². The second-order valence-electron chi connectivity index (χ2n) is 6.66. The van der Waals surface area contributed by atoms with E-state index < -0.39 is 15.4 Å². The summed E-state index contributed by atoms with van der Waals surface area (Å²) in [6.07, 6.45) is 0. The van der Waals surface area contributed by atoms with Crippen LogP contribution in [0, 0.1) is 0 Å². The number of sulfonamides is 1. The molecule has 3 aromatic rings. The van der Waals surface area contributed by atoms with Gasteiger partial charge in [0.2, 0.25) is 15.8 Å². The Morgan fingerprint density at radius 1 is 1.03 bits per heavy atom. The fourth-order valence-corrected chi connectivity index (χ4v) is 4.55. The van der Waals surface area contributed by atoms with Gasteiger partial charge in [-0.2, -0.15) is 5.21 Å². The topological polar surface area (TPSA) is 104 Å². The van der Waals surface area contributed by atoms with E-state index >= 15 is 0 Å². The molecular weight excluding hydrogens is 388 g/mol. The SMILES string of the molecule is CCN(CC)C(C)S(=O)(=O)NCc1ccc(-c2ccccc2-c2nn[nH]n2)cc1. The van der Waals surface area contributed by atoms with Crippen LogP contribution in [0.5, 0.6) is 0 Å². The molecule has 0 amide bonds. The average molecular weight is 415 g/mol. The second kappa shape index (κ2) is 9.25. The first-order valence-electron chi connectivity index (χ1n) is 9.61. The summed E-state index contributed by atoms with van der Waals surface area (Å²) in [5.74, 6) is 0.530. The van der Waals surface area contributed by atoms with E-state index in [2.05, 4.69) is 25.3 Å². The van der Waals surface area contributed by atoms with Crippen molar-refractivity contribution in [3.8, 4) is 22.5 Å². The summed E-state index contributed by atoms with van der Waals surface area (Å²) in [7, 11) is -3.43. The number of nitrogens with zero attached hydrogens (tertiary/aromatic N) is 4. The predicted octanol–water partition coefficient (Wildman–Crippen LogP) is 2.64. The standard InChI is InChI=1S/C20H26N6O2S/c1-4-26(5-2)15(3)29(27,28)21-14-16-10-12-17(13-11-16)18-8-6-7-9-19(18)20-22-24-25-23-20/h6-13,15,21H,4-5,14H2,1-3H3,(H,22,23,24,25). The highest BCUT2D eigenvalue weighted by Gasteiger charge is 2.24. The third-order valence-electron chi connectivity index (χ3n) is 5.03. The van der Waals surface area contributed by atoms with Gasteiger partial charge in [0.1, 0.15) is 5.37 Å². The normalized spacial score (nSPS) is 13.0. The van der Waals surface area contributed by atoms with Crippen molar-refractivity contribution in [2.75, 3.05) is 13.1 Å². The fraction of sp³-hybridized carbons (Fsp3) is 0.350. The summed E-state index contributed by atoms with van der Waals surface area (Å²) < 4.78 is 27.8. The minimum Gasteiger partial charge on any atom is -0.287 e. The number of tetrazole rings is 1. The van der Waals surface area contributed by atoms with Crippen molar-refractivity contribution in [1.29, 1.82) is 0 Å². The number of aromatic amines is 1. The molecule has 1 aromatic heterocycles. The van der Waals surface area contributed by atoms with Gasteiger partial charge in [-0.1, -0.05) is 62.4 Å². The van der Waals surface area contributed by atoms with E-state index in [-0.39, 0.29) is 6.54 Å². The number of rotatable bonds is 9. The lowest BCUT2D eigenvalue weighted by atomic mass is 9.98. The van der Waals surface area contributed by atoms with Gasteiger partial charge < -0.3 is 0 Å². The molecule has 2 aromatic carbocycles. The van der Waals surface area contributed by atoms with Crippen LogP contribution in [0.3, 0.4) is 0 Å². The van der Waals surface area contributed by atoms with Crippen molar-refractivity contribution >= 4 is 10.0 Å². The van der Waals surface area contributed by atoms with Gasteiger partial charge >= 0.3 is 0 Å². The Morgan fingerprint density at radius 3 is 2.28 bits per heavy atom. The van der Waals surface area contributed by atoms with Crippen LogP contribution < -0.4 is 4.72 Å². The Kier molecular flexibility index (Phi) is 6.73. The van der Waals surface area contributed by atoms with Gasteiger partial charge in [0, 0.05) is 12.1 Å². The zero-order valence-corrected chi connectivity index (χ0v) is 17.6. The quantitative estimate of drug-likeness (QED) is 0.558. The van der Waals surface area contributed by atoms with E-state index in [9.17, 15) is 8.42 Å². The summed E-state index contributed by atoms with van der Waals surface area (Å²) in [5.41, 5.74) is 3.74. The molecule has 0 aliphatic rings. The van der Waals surface area contributed by atoms with E-state index in [0.717, 1.165) is 22.3 Å². The number of hydrogen-bond acceptors (Lipinski definition) is 6. The molecule has 0 spiro atoms. The Balaban J connectivity index is 1.74. The number of aromatic nitrogens is 4. The molecule has 0 saturated heterocycles. The lowest BCUT2D eigenvalue weighted by molar-refractivity contribution is 0.284. The molecule has 0 bridgehead atoms. The van der Waals surface area contributed by atoms with Crippen LogP contribution in [0.4, 0.5) is 0 Å². The summed E-state index contributed by atoms with van der Waals surface area (Å²) in [5, 5.41) is 13.7. The van der Waals surface area contributed by atoms with Crippen LogP contribution in [0.15, 0.2) is 48.5 Å². The average Bonchev–Trinajstić information content (AvgIpc) is 3.28. The lowest BCUT2D eigenvalue weighted by Crippen LogP contribution is -2.44. The lowest BCUT2D eigenvalue weighted by Gasteiger charge is -2.26. The molecule has 0 radical (unpaired) electrons. The number of hydrogen-bond donors (Lipinski definition) is 2. The van der Waals surface area contributed by atoms with E-state index in [1.54, 1.807) is 6.92 Å². The van der Waals surface area contributed by atoms with Crippen LogP contribution in [0.2, 0.25) is 0 Å². The predicted molar refractivity (Wildman–Crippen MR) is 113 cm³/mol. The number of H-pyrrole nitrogens is 1. The molecule has 1 atom stereocenters. The van der Waals surface area contributed by atoms with E-state index in [1.807, 2.05) is 67.3 Å². The van der Waals surface area contributed by atoms with Gasteiger partial charge in [0.25, 0.3) is 0 Å². The van der Waals surface area contributed by atoms with E-state index in [0.29, 0.717) is 18.9 Å². The molecule has 8 nitrogen and oxygen atoms in total. The van der Waals surface area contributed by atoms with Crippen molar-refractivity contribution in [3.63, 3.8) is 0 Å². The monoisotopic (exact) mass is 414 g/mol. The van der Waals surface area contributed by atoms with Crippen LogP contribution in [0.1, 0.15) is 26.3 Å². The third kappa shape index (κ3) is 4.87. The highest BCUT2D eigenvalue weighted by Crippen LogP contribution is 2.29. The molecule has 29 heavy (non-hydrogen) atoms. The Labute approximate surface area is 171 Å². The van der Waals surface area contributed by atoms with E-state index in [4.69, 9.17) is 0 Å². The molecular formula is C20H26N6O2S. The first kappa shape index (κ1) is 21.1. The Bertz CT molecular complexity index is 1020. The maximum atomic E-state index is 12.6. The molecule has 1 unspecified atom stereocenters. The first-order valence-corrected chi connectivity index (χ1v) is 11.2. The van der Waals surface area contributed by atoms with Gasteiger partial charge in [0.05, 0.1) is 0 Å². The van der Waals surface area contributed by atoms with Crippen LogP contribution in [-0.4, -0.2) is 52.4 Å². The summed E-state index contributed by atoms with van der Waals surface area (Å²) >= 11 is 0. The van der Waals surface area contributed by atoms with Crippen molar-refractivity contribution in [2.24, 2.45) is 0 Å². The van der Waals surface area contributed by atoms with Crippen LogP contribution in [0.25, 0.3) is 22.5 Å². The number of nitrogens with one attached hydrogen (secondary N) is 2. The van der Waals surface area contributed by atoms with Crippen molar-refractivity contribution in [1.82, 2.24) is 30.2 Å². The molecule has 2 N–H and O–H groups in total. The Hall–Kier alpha value is -2.62. The van der Waals surface area contributed by atoms with Gasteiger partial charge in [-0.05, 0) is 41.9 Å². The first-order chi connectivity index (χ1) is 14.0.